The van der Waals surface area contributed by atoms with Gasteiger partial charge < -0.3 is 10.2 Å². The first-order chi connectivity index (χ1) is 10.9. The first kappa shape index (κ1) is 17.4. The first-order valence-electron chi connectivity index (χ1n) is 7.60. The lowest BCUT2D eigenvalue weighted by atomic mass is 10.0. The van der Waals surface area contributed by atoms with Crippen LogP contribution in [0.1, 0.15) is 25.3 Å². The molecule has 1 unspecified atom stereocenters. The molecule has 0 spiro atoms. The number of amides is 2. The predicted octanol–water partition coefficient (Wildman–Crippen LogP) is 2.35. The van der Waals surface area contributed by atoms with E-state index in [0.717, 1.165) is 24.5 Å². The van der Waals surface area contributed by atoms with Gasteiger partial charge in [0.1, 0.15) is 5.01 Å². The van der Waals surface area contributed by atoms with Gasteiger partial charge >= 0.3 is 6.03 Å². The third-order valence-corrected chi connectivity index (χ3v) is 4.70. The van der Waals surface area contributed by atoms with E-state index in [-0.39, 0.29) is 6.03 Å². The maximum atomic E-state index is 12.3. The summed E-state index contributed by atoms with van der Waals surface area (Å²) >= 11 is 1.54. The van der Waals surface area contributed by atoms with Gasteiger partial charge in [-0.2, -0.15) is 5.10 Å². The highest BCUT2D eigenvalue weighted by molar-refractivity contribution is 7.09. The fourth-order valence-corrected chi connectivity index (χ4v) is 2.87. The number of thiazole rings is 1. The Balaban J connectivity index is 1.94. The summed E-state index contributed by atoms with van der Waals surface area (Å²) in [5.74, 6) is 0.541. The number of nitrogens with one attached hydrogen (secondary N) is 2. The second-order valence-corrected chi connectivity index (χ2v) is 6.76. The smallest absolute Gasteiger partial charge is 0.321 e. The lowest BCUT2D eigenvalue weighted by molar-refractivity contribution is 0.237. The predicted molar refractivity (Wildman–Crippen MR) is 92.7 cm³/mol. The number of carbonyl (C=O) groups is 1. The monoisotopic (exact) mass is 336 g/mol. The third-order valence-electron chi connectivity index (χ3n) is 3.66. The zero-order valence-corrected chi connectivity index (χ0v) is 14.9. The van der Waals surface area contributed by atoms with Crippen molar-refractivity contribution in [1.29, 1.82) is 0 Å². The fraction of sp³-hybridized carbons (Fsp3) is 0.533. The Morgan fingerprint density at radius 1 is 1.48 bits per heavy atom. The number of carbonyl (C=O) groups excluding carboxylic acids is 1. The van der Waals surface area contributed by atoms with Gasteiger partial charge in [-0.15, -0.1) is 11.3 Å². The second kappa shape index (κ2) is 7.56. The van der Waals surface area contributed by atoms with E-state index in [4.69, 9.17) is 0 Å². The molecule has 7 nitrogen and oxygen atoms in total. The number of hydrogen-bond donors (Lipinski definition) is 2. The molecule has 23 heavy (non-hydrogen) atoms. The summed E-state index contributed by atoms with van der Waals surface area (Å²) in [4.78, 5) is 18.7. The van der Waals surface area contributed by atoms with Crippen molar-refractivity contribution in [2.45, 2.75) is 32.4 Å². The molecule has 8 heteroatoms. The van der Waals surface area contributed by atoms with Crippen molar-refractivity contribution in [2.75, 3.05) is 26.0 Å². The summed E-state index contributed by atoms with van der Waals surface area (Å²) in [7, 11) is 4.03. The van der Waals surface area contributed by atoms with Crippen molar-refractivity contribution in [2.24, 2.45) is 0 Å². The molecule has 0 saturated heterocycles. The van der Waals surface area contributed by atoms with E-state index in [1.54, 1.807) is 12.3 Å². The SMILES string of the molecule is CCC(C)(NC(=O)Nc1ccn(CCN(C)C)n1)c1nccs1. The third kappa shape index (κ3) is 4.77. The largest absolute Gasteiger partial charge is 0.326 e. The van der Waals surface area contributed by atoms with Gasteiger partial charge in [-0.25, -0.2) is 9.78 Å². The molecule has 2 N–H and O–H groups in total. The Labute approximate surface area is 140 Å². The number of nitrogens with zero attached hydrogens (tertiary/aromatic N) is 4. The van der Waals surface area contributed by atoms with Crippen LogP contribution in [0.3, 0.4) is 0 Å². The van der Waals surface area contributed by atoms with Crippen molar-refractivity contribution in [1.82, 2.24) is 25.0 Å². The van der Waals surface area contributed by atoms with E-state index >= 15 is 0 Å². The first-order valence-corrected chi connectivity index (χ1v) is 8.48. The summed E-state index contributed by atoms with van der Waals surface area (Å²) in [5.41, 5.74) is -0.480. The van der Waals surface area contributed by atoms with E-state index in [1.807, 2.05) is 44.2 Å². The standard InChI is InChI=1S/C15H24N6OS/c1-5-15(2,13-16-7-11-23-13)18-14(22)17-12-6-8-21(19-12)10-9-20(3)4/h6-8,11H,5,9-10H2,1-4H3,(H2,17,18,19,22). The molecule has 126 valence electrons. The number of hydrogen-bond acceptors (Lipinski definition) is 5. The molecule has 2 aromatic rings. The van der Waals surface area contributed by atoms with Gasteiger partial charge in [0.25, 0.3) is 0 Å². The summed E-state index contributed by atoms with van der Waals surface area (Å²) in [6, 6.07) is 1.52. The molecule has 0 aliphatic rings. The molecule has 0 fully saturated rings. The van der Waals surface area contributed by atoms with Crippen LogP contribution >= 0.6 is 11.3 Å². The van der Waals surface area contributed by atoms with Crippen LogP contribution in [-0.4, -0.2) is 46.3 Å². The summed E-state index contributed by atoms with van der Waals surface area (Å²) in [6.45, 7) is 5.67. The Hall–Kier alpha value is -1.93. The Bertz CT molecular complexity index is 624. The average molecular weight is 336 g/mol. The van der Waals surface area contributed by atoms with Gasteiger partial charge in [-0.3, -0.25) is 10.00 Å². The number of rotatable bonds is 7. The minimum absolute atomic E-state index is 0.276. The van der Waals surface area contributed by atoms with Crippen LogP contribution in [0.4, 0.5) is 10.6 Å². The number of aromatic nitrogens is 3. The van der Waals surface area contributed by atoms with Crippen molar-refractivity contribution in [3.8, 4) is 0 Å². The molecule has 2 heterocycles. The van der Waals surface area contributed by atoms with Crippen LogP contribution in [0.25, 0.3) is 0 Å². The number of urea groups is 1. The maximum Gasteiger partial charge on any atom is 0.321 e. The normalized spacial score (nSPS) is 13.8. The quantitative estimate of drug-likeness (QED) is 0.814. The molecule has 0 radical (unpaired) electrons. The van der Waals surface area contributed by atoms with E-state index in [9.17, 15) is 4.79 Å². The molecular formula is C15H24N6OS. The van der Waals surface area contributed by atoms with Crippen LogP contribution in [-0.2, 0) is 12.1 Å². The zero-order valence-electron chi connectivity index (χ0n) is 14.0. The molecule has 0 saturated carbocycles. The Morgan fingerprint density at radius 3 is 2.87 bits per heavy atom. The summed E-state index contributed by atoms with van der Waals surface area (Å²) in [5, 5.41) is 12.9. The average Bonchev–Trinajstić information content (AvgIpc) is 3.16. The molecule has 2 amide bonds. The van der Waals surface area contributed by atoms with Crippen molar-refractivity contribution >= 4 is 23.2 Å². The van der Waals surface area contributed by atoms with E-state index in [0.29, 0.717) is 5.82 Å². The summed E-state index contributed by atoms with van der Waals surface area (Å²) in [6.07, 6.45) is 4.37. The van der Waals surface area contributed by atoms with E-state index < -0.39 is 5.54 Å². The highest BCUT2D eigenvalue weighted by atomic mass is 32.1. The van der Waals surface area contributed by atoms with Crippen molar-refractivity contribution < 1.29 is 4.79 Å². The molecule has 0 aromatic carbocycles. The Kier molecular flexibility index (Phi) is 5.73. The van der Waals surface area contributed by atoms with Gasteiger partial charge in [0.05, 0.1) is 12.1 Å². The number of likely N-dealkylation sites (N-methyl/N-ethyl adjacent to an activating group) is 1. The van der Waals surface area contributed by atoms with Crippen LogP contribution < -0.4 is 10.6 Å². The van der Waals surface area contributed by atoms with Gasteiger partial charge in [0, 0.05) is 30.4 Å². The van der Waals surface area contributed by atoms with Crippen LogP contribution in [0.2, 0.25) is 0 Å². The van der Waals surface area contributed by atoms with Crippen LogP contribution in [0.15, 0.2) is 23.8 Å². The van der Waals surface area contributed by atoms with Crippen molar-refractivity contribution in [3.63, 3.8) is 0 Å². The molecular weight excluding hydrogens is 312 g/mol. The highest BCUT2D eigenvalue weighted by Crippen LogP contribution is 2.26. The highest BCUT2D eigenvalue weighted by Gasteiger charge is 2.29. The summed E-state index contributed by atoms with van der Waals surface area (Å²) < 4.78 is 1.81. The lowest BCUT2D eigenvalue weighted by Crippen LogP contribution is -2.45. The molecule has 2 rings (SSSR count). The molecule has 1 atom stereocenters. The molecule has 0 aliphatic carbocycles. The van der Waals surface area contributed by atoms with E-state index in [2.05, 4.69) is 25.6 Å². The van der Waals surface area contributed by atoms with Gasteiger partial charge in [-0.1, -0.05) is 6.92 Å². The minimum Gasteiger partial charge on any atom is -0.326 e. The molecule has 0 aliphatic heterocycles. The van der Waals surface area contributed by atoms with Gasteiger partial charge in [0.2, 0.25) is 0 Å². The maximum absolute atomic E-state index is 12.3. The number of anilines is 1. The van der Waals surface area contributed by atoms with Gasteiger partial charge in [0.15, 0.2) is 5.82 Å². The lowest BCUT2D eigenvalue weighted by Gasteiger charge is -2.27. The van der Waals surface area contributed by atoms with Crippen LogP contribution in [0, 0.1) is 0 Å². The zero-order chi connectivity index (χ0) is 16.9. The van der Waals surface area contributed by atoms with Gasteiger partial charge in [-0.05, 0) is 27.4 Å². The molecule has 0 bridgehead atoms. The second-order valence-electron chi connectivity index (χ2n) is 5.87. The van der Waals surface area contributed by atoms with Crippen LogP contribution in [0.5, 0.6) is 0 Å². The van der Waals surface area contributed by atoms with Crippen molar-refractivity contribution in [3.05, 3.63) is 28.8 Å². The molecule has 2 aromatic heterocycles. The topological polar surface area (TPSA) is 75.1 Å². The Morgan fingerprint density at radius 2 is 2.26 bits per heavy atom. The van der Waals surface area contributed by atoms with E-state index in [1.165, 1.54) is 11.3 Å². The minimum atomic E-state index is -0.480. The fourth-order valence-electron chi connectivity index (χ4n) is 2.04.